The van der Waals surface area contributed by atoms with Crippen LogP contribution in [-0.4, -0.2) is 35.2 Å². The minimum atomic E-state index is -0.446. The van der Waals surface area contributed by atoms with Gasteiger partial charge in [-0.1, -0.05) is 6.07 Å². The standard InChI is InChI=1S/C11H13FN2O2/c12-8-2-1-3-9(6-8)13-11(16)14-5-4-10(15)7-14/h1-3,6,10,15H,4-5,7H2,(H,13,16)/t10-/m0/s1. The first kappa shape index (κ1) is 10.9. The molecule has 2 rings (SSSR count). The molecule has 16 heavy (non-hydrogen) atoms. The summed E-state index contributed by atoms with van der Waals surface area (Å²) in [5, 5.41) is 11.9. The Kier molecular flexibility index (Phi) is 3.05. The molecule has 0 aromatic heterocycles. The number of β-amino-alcohol motifs (C(OH)–C–C–N with tert-alkyl or cyclic N) is 1. The Hall–Kier alpha value is -1.62. The zero-order chi connectivity index (χ0) is 11.5. The maximum absolute atomic E-state index is 12.9. The number of hydrogen-bond donors (Lipinski definition) is 2. The van der Waals surface area contributed by atoms with Crippen LogP contribution in [-0.2, 0) is 0 Å². The molecule has 86 valence electrons. The second-order valence-electron chi connectivity index (χ2n) is 3.83. The quantitative estimate of drug-likeness (QED) is 0.758. The molecule has 0 radical (unpaired) electrons. The highest BCUT2D eigenvalue weighted by Crippen LogP contribution is 2.13. The summed E-state index contributed by atoms with van der Waals surface area (Å²) in [6.07, 6.45) is 0.148. The highest BCUT2D eigenvalue weighted by molar-refractivity contribution is 5.89. The van der Waals surface area contributed by atoms with Gasteiger partial charge in [0, 0.05) is 18.8 Å². The van der Waals surface area contributed by atoms with E-state index in [4.69, 9.17) is 0 Å². The Morgan fingerprint density at radius 2 is 2.38 bits per heavy atom. The number of hydrogen-bond acceptors (Lipinski definition) is 2. The van der Waals surface area contributed by atoms with Crippen molar-refractivity contribution in [3.8, 4) is 0 Å². The molecule has 0 bridgehead atoms. The van der Waals surface area contributed by atoms with Gasteiger partial charge in [-0.25, -0.2) is 9.18 Å². The molecule has 2 N–H and O–H groups in total. The Morgan fingerprint density at radius 1 is 1.56 bits per heavy atom. The lowest BCUT2D eigenvalue weighted by molar-refractivity contribution is 0.176. The molecule has 0 aliphatic carbocycles. The first-order valence-electron chi connectivity index (χ1n) is 5.15. The molecule has 1 aromatic carbocycles. The fraction of sp³-hybridized carbons (Fsp3) is 0.364. The maximum Gasteiger partial charge on any atom is 0.321 e. The van der Waals surface area contributed by atoms with Crippen molar-refractivity contribution in [2.24, 2.45) is 0 Å². The Labute approximate surface area is 92.7 Å². The topological polar surface area (TPSA) is 52.6 Å². The number of aliphatic hydroxyl groups excluding tert-OH is 1. The molecule has 5 heteroatoms. The molecule has 1 atom stereocenters. The van der Waals surface area contributed by atoms with Crippen LogP contribution in [0.5, 0.6) is 0 Å². The number of carbonyl (C=O) groups is 1. The molecule has 1 heterocycles. The average molecular weight is 224 g/mol. The number of anilines is 1. The van der Waals surface area contributed by atoms with Gasteiger partial charge in [0.05, 0.1) is 6.10 Å². The Balaban J connectivity index is 1.97. The van der Waals surface area contributed by atoms with Crippen molar-refractivity contribution in [3.05, 3.63) is 30.1 Å². The number of amides is 2. The second-order valence-corrected chi connectivity index (χ2v) is 3.83. The van der Waals surface area contributed by atoms with Gasteiger partial charge in [-0.3, -0.25) is 0 Å². The van der Waals surface area contributed by atoms with E-state index in [-0.39, 0.29) is 11.8 Å². The van der Waals surface area contributed by atoms with Crippen LogP contribution in [0.2, 0.25) is 0 Å². The minimum absolute atomic E-state index is 0.304. The fourth-order valence-corrected chi connectivity index (χ4v) is 1.70. The van der Waals surface area contributed by atoms with Crippen molar-refractivity contribution in [2.45, 2.75) is 12.5 Å². The number of carbonyl (C=O) groups excluding carboxylic acids is 1. The molecule has 1 aliphatic heterocycles. The highest BCUT2D eigenvalue weighted by atomic mass is 19.1. The molecule has 0 spiro atoms. The average Bonchev–Trinajstić information content (AvgIpc) is 2.65. The molecule has 1 fully saturated rings. The van der Waals surface area contributed by atoms with E-state index in [9.17, 15) is 14.3 Å². The van der Waals surface area contributed by atoms with Crippen LogP contribution >= 0.6 is 0 Å². The number of likely N-dealkylation sites (tertiary alicyclic amines) is 1. The number of urea groups is 1. The summed E-state index contributed by atoms with van der Waals surface area (Å²) in [7, 11) is 0. The van der Waals surface area contributed by atoms with Crippen LogP contribution in [0.1, 0.15) is 6.42 Å². The van der Waals surface area contributed by atoms with Gasteiger partial charge in [0.15, 0.2) is 0 Å². The number of benzene rings is 1. The first-order chi connectivity index (χ1) is 7.65. The van der Waals surface area contributed by atoms with E-state index in [1.807, 2.05) is 0 Å². The van der Waals surface area contributed by atoms with Crippen LogP contribution in [0.4, 0.5) is 14.9 Å². The van der Waals surface area contributed by atoms with Gasteiger partial charge in [0.25, 0.3) is 0 Å². The minimum Gasteiger partial charge on any atom is -0.391 e. The second kappa shape index (κ2) is 4.49. The van der Waals surface area contributed by atoms with Gasteiger partial charge in [-0.15, -0.1) is 0 Å². The van der Waals surface area contributed by atoms with E-state index in [0.717, 1.165) is 0 Å². The molecule has 2 amide bonds. The van der Waals surface area contributed by atoms with Gasteiger partial charge in [-0.2, -0.15) is 0 Å². The lowest BCUT2D eigenvalue weighted by Crippen LogP contribution is -2.33. The van der Waals surface area contributed by atoms with Crippen molar-refractivity contribution >= 4 is 11.7 Å². The summed E-state index contributed by atoms with van der Waals surface area (Å²) in [5.74, 6) is -0.390. The van der Waals surface area contributed by atoms with Crippen molar-refractivity contribution < 1.29 is 14.3 Å². The number of nitrogens with zero attached hydrogens (tertiary/aromatic N) is 1. The normalized spacial score (nSPS) is 19.9. The van der Waals surface area contributed by atoms with Crippen molar-refractivity contribution in [2.75, 3.05) is 18.4 Å². The van der Waals surface area contributed by atoms with Gasteiger partial charge in [0.1, 0.15) is 5.82 Å². The summed E-state index contributed by atoms with van der Waals surface area (Å²) in [5.41, 5.74) is 0.423. The van der Waals surface area contributed by atoms with E-state index in [2.05, 4.69) is 5.32 Å². The van der Waals surface area contributed by atoms with Gasteiger partial charge >= 0.3 is 6.03 Å². The SMILES string of the molecule is O=C(Nc1cccc(F)c1)N1CC[C@H](O)C1. The van der Waals surface area contributed by atoms with Crippen molar-refractivity contribution in [1.82, 2.24) is 4.90 Å². The third-order valence-corrected chi connectivity index (χ3v) is 2.53. The molecule has 4 nitrogen and oxygen atoms in total. The first-order valence-corrected chi connectivity index (χ1v) is 5.15. The van der Waals surface area contributed by atoms with E-state index >= 15 is 0 Å². The number of aliphatic hydroxyl groups is 1. The maximum atomic E-state index is 12.9. The lowest BCUT2D eigenvalue weighted by Gasteiger charge is -2.16. The van der Waals surface area contributed by atoms with Crippen LogP contribution in [0, 0.1) is 5.82 Å². The van der Waals surface area contributed by atoms with Crippen molar-refractivity contribution in [1.29, 1.82) is 0 Å². The summed E-state index contributed by atoms with van der Waals surface area (Å²) in [6.45, 7) is 0.865. The Bertz CT molecular complexity index is 397. The van der Waals surface area contributed by atoms with Gasteiger partial charge < -0.3 is 15.3 Å². The van der Waals surface area contributed by atoms with E-state index in [0.29, 0.717) is 25.2 Å². The van der Waals surface area contributed by atoms with E-state index in [1.165, 1.54) is 23.1 Å². The molecular formula is C11H13FN2O2. The van der Waals surface area contributed by atoms with E-state index in [1.54, 1.807) is 6.07 Å². The van der Waals surface area contributed by atoms with Crippen LogP contribution in [0.25, 0.3) is 0 Å². The fourth-order valence-electron chi connectivity index (χ4n) is 1.70. The molecule has 1 aromatic rings. The zero-order valence-corrected chi connectivity index (χ0v) is 8.69. The zero-order valence-electron chi connectivity index (χ0n) is 8.69. The lowest BCUT2D eigenvalue weighted by atomic mass is 10.3. The molecule has 1 aliphatic rings. The van der Waals surface area contributed by atoms with Gasteiger partial charge in [0.2, 0.25) is 0 Å². The summed E-state index contributed by atoms with van der Waals surface area (Å²) < 4.78 is 12.9. The Morgan fingerprint density at radius 3 is 3.00 bits per heavy atom. The largest absolute Gasteiger partial charge is 0.391 e. The van der Waals surface area contributed by atoms with Crippen LogP contribution in [0.15, 0.2) is 24.3 Å². The van der Waals surface area contributed by atoms with Crippen LogP contribution < -0.4 is 5.32 Å². The number of rotatable bonds is 1. The van der Waals surface area contributed by atoms with Gasteiger partial charge in [-0.05, 0) is 24.6 Å². The molecular weight excluding hydrogens is 211 g/mol. The van der Waals surface area contributed by atoms with Crippen LogP contribution in [0.3, 0.4) is 0 Å². The number of nitrogens with one attached hydrogen (secondary N) is 1. The highest BCUT2D eigenvalue weighted by Gasteiger charge is 2.24. The summed E-state index contributed by atoms with van der Waals surface area (Å²) in [6, 6.07) is 5.42. The molecule has 1 saturated heterocycles. The summed E-state index contributed by atoms with van der Waals surface area (Å²) in [4.78, 5) is 13.2. The third-order valence-electron chi connectivity index (χ3n) is 2.53. The molecule has 0 unspecified atom stereocenters. The molecule has 0 saturated carbocycles. The monoisotopic (exact) mass is 224 g/mol. The number of halogens is 1. The predicted octanol–water partition coefficient (Wildman–Crippen LogP) is 1.42. The predicted molar refractivity (Wildman–Crippen MR) is 57.6 cm³/mol. The van der Waals surface area contributed by atoms with E-state index < -0.39 is 6.10 Å². The summed E-state index contributed by atoms with van der Waals surface area (Å²) >= 11 is 0. The van der Waals surface area contributed by atoms with Crippen molar-refractivity contribution in [3.63, 3.8) is 0 Å². The third kappa shape index (κ3) is 2.49. The smallest absolute Gasteiger partial charge is 0.321 e.